The molecule has 32 heavy (non-hydrogen) atoms. The zero-order chi connectivity index (χ0) is 22.5. The number of carbonyl (C=O) groups excluding carboxylic acids is 3. The van der Waals surface area contributed by atoms with Gasteiger partial charge in [0.25, 0.3) is 0 Å². The zero-order valence-corrected chi connectivity index (χ0v) is 18.4. The topological polar surface area (TPSA) is 87.7 Å². The molecule has 1 spiro atoms. The summed E-state index contributed by atoms with van der Waals surface area (Å²) in [5.41, 5.74) is 0.834. The van der Waals surface area contributed by atoms with E-state index in [4.69, 9.17) is 16.3 Å². The third kappa shape index (κ3) is 2.99. The fraction of sp³-hybridized carbons (Fsp3) is 0.375. The second kappa shape index (κ2) is 7.99. The second-order valence-corrected chi connectivity index (χ2v) is 8.95. The molecule has 3 aliphatic rings. The van der Waals surface area contributed by atoms with Crippen LogP contribution in [-0.2, 0) is 31.1 Å². The van der Waals surface area contributed by atoms with Crippen LogP contribution < -0.4 is 10.6 Å². The molecule has 8 heteroatoms. The average molecular weight is 454 g/mol. The van der Waals surface area contributed by atoms with Gasteiger partial charge in [0.2, 0.25) is 17.7 Å². The van der Waals surface area contributed by atoms with Gasteiger partial charge in [0, 0.05) is 31.9 Å². The number of carbonyl (C=O) groups is 3. The Bertz CT molecular complexity index is 1090. The summed E-state index contributed by atoms with van der Waals surface area (Å²) in [6, 6.07) is 14.7. The van der Waals surface area contributed by atoms with Crippen molar-refractivity contribution in [1.82, 2.24) is 10.2 Å². The largest absolute Gasteiger partial charge is 0.385 e. The molecule has 5 rings (SSSR count). The fourth-order valence-corrected chi connectivity index (χ4v) is 5.71. The first-order valence-electron chi connectivity index (χ1n) is 10.7. The van der Waals surface area contributed by atoms with Gasteiger partial charge in [-0.1, -0.05) is 54.1 Å². The second-order valence-electron chi connectivity index (χ2n) is 8.54. The van der Waals surface area contributed by atoms with Gasteiger partial charge in [0.05, 0.1) is 22.5 Å². The molecule has 2 aromatic carbocycles. The molecule has 2 N–H and O–H groups in total. The summed E-state index contributed by atoms with van der Waals surface area (Å²) in [7, 11) is 1.58. The lowest BCUT2D eigenvalue weighted by Crippen LogP contribution is -2.53. The number of amides is 3. The van der Waals surface area contributed by atoms with Crippen LogP contribution in [0.5, 0.6) is 0 Å². The maximum Gasteiger partial charge on any atom is 0.250 e. The number of imide groups is 1. The van der Waals surface area contributed by atoms with Crippen molar-refractivity contribution in [2.45, 2.75) is 24.4 Å². The Hall–Kier alpha value is -2.74. The molecule has 0 aliphatic carbocycles. The summed E-state index contributed by atoms with van der Waals surface area (Å²) >= 11 is 6.37. The van der Waals surface area contributed by atoms with E-state index < -0.39 is 17.4 Å². The smallest absolute Gasteiger partial charge is 0.250 e. The molecule has 2 aromatic rings. The molecular weight excluding hydrogens is 430 g/mol. The van der Waals surface area contributed by atoms with Gasteiger partial charge >= 0.3 is 0 Å². The van der Waals surface area contributed by atoms with Crippen LogP contribution in [0.3, 0.4) is 0 Å². The number of hydrogen-bond acceptors (Lipinski definition) is 5. The van der Waals surface area contributed by atoms with E-state index in [1.165, 1.54) is 4.90 Å². The minimum Gasteiger partial charge on any atom is -0.385 e. The predicted molar refractivity (Wildman–Crippen MR) is 119 cm³/mol. The van der Waals surface area contributed by atoms with E-state index in [1.54, 1.807) is 25.3 Å². The summed E-state index contributed by atoms with van der Waals surface area (Å²) < 4.78 is 5.10. The summed E-state index contributed by atoms with van der Waals surface area (Å²) in [5, 5.41) is 6.71. The van der Waals surface area contributed by atoms with Gasteiger partial charge in [0.1, 0.15) is 5.54 Å². The van der Waals surface area contributed by atoms with Gasteiger partial charge in [-0.05, 0) is 24.5 Å². The van der Waals surface area contributed by atoms with E-state index in [-0.39, 0.29) is 30.3 Å². The van der Waals surface area contributed by atoms with Crippen LogP contribution >= 0.6 is 11.6 Å². The van der Waals surface area contributed by atoms with Gasteiger partial charge in [-0.2, -0.15) is 0 Å². The Morgan fingerprint density at radius 2 is 1.84 bits per heavy atom. The van der Waals surface area contributed by atoms with E-state index in [0.717, 1.165) is 5.56 Å². The first kappa shape index (κ1) is 21.1. The lowest BCUT2D eigenvalue weighted by atomic mass is 9.76. The number of rotatable bonds is 6. The average Bonchev–Trinajstić information content (AvgIpc) is 3.36. The minimum atomic E-state index is -1.33. The molecule has 4 atom stereocenters. The molecule has 0 saturated carbocycles. The van der Waals surface area contributed by atoms with Gasteiger partial charge < -0.3 is 10.1 Å². The number of hydrogen-bond donors (Lipinski definition) is 2. The van der Waals surface area contributed by atoms with Crippen LogP contribution in [0.2, 0.25) is 5.02 Å². The fourth-order valence-electron chi connectivity index (χ4n) is 5.48. The number of fused-ring (bicyclic) bond motifs is 4. The van der Waals surface area contributed by atoms with Crippen LogP contribution in [0.25, 0.3) is 0 Å². The molecule has 4 unspecified atom stereocenters. The van der Waals surface area contributed by atoms with E-state index in [1.807, 2.05) is 30.3 Å². The lowest BCUT2D eigenvalue weighted by molar-refractivity contribution is -0.143. The quantitative estimate of drug-likeness (QED) is 0.518. The van der Waals surface area contributed by atoms with Crippen molar-refractivity contribution in [2.24, 2.45) is 11.8 Å². The van der Waals surface area contributed by atoms with E-state index in [0.29, 0.717) is 35.7 Å². The Balaban J connectivity index is 1.59. The molecule has 0 radical (unpaired) electrons. The van der Waals surface area contributed by atoms with Gasteiger partial charge in [-0.25, -0.2) is 0 Å². The van der Waals surface area contributed by atoms with Crippen molar-refractivity contribution in [3.63, 3.8) is 0 Å². The summed E-state index contributed by atoms with van der Waals surface area (Å²) in [5.74, 6) is -2.36. The molecule has 2 saturated heterocycles. The SMILES string of the molecule is COCCCN1C(=O)C2C(Cc3ccccc3)NC3(C(=O)Nc4c(Cl)cccc43)C2C1=O. The number of methoxy groups -OCH3 is 1. The highest BCUT2D eigenvalue weighted by Crippen LogP contribution is 2.54. The zero-order valence-electron chi connectivity index (χ0n) is 17.6. The third-order valence-corrected chi connectivity index (χ3v) is 7.13. The predicted octanol–water partition coefficient (Wildman–Crippen LogP) is 2.34. The molecule has 3 amide bonds. The number of ether oxygens (including phenoxy) is 1. The molecular formula is C24H24ClN3O4. The highest BCUT2D eigenvalue weighted by molar-refractivity contribution is 6.35. The van der Waals surface area contributed by atoms with Crippen LogP contribution in [0.1, 0.15) is 17.5 Å². The van der Waals surface area contributed by atoms with Crippen molar-refractivity contribution in [2.75, 3.05) is 25.6 Å². The van der Waals surface area contributed by atoms with E-state index in [9.17, 15) is 14.4 Å². The molecule has 166 valence electrons. The maximum atomic E-state index is 13.6. The highest BCUT2D eigenvalue weighted by Gasteiger charge is 2.70. The Kier molecular flexibility index (Phi) is 5.28. The molecule has 0 aromatic heterocycles. The van der Waals surface area contributed by atoms with Crippen LogP contribution in [-0.4, -0.2) is 48.9 Å². The Morgan fingerprint density at radius 3 is 2.59 bits per heavy atom. The van der Waals surface area contributed by atoms with Crippen molar-refractivity contribution >= 4 is 35.0 Å². The maximum absolute atomic E-state index is 13.6. The van der Waals surface area contributed by atoms with Crippen LogP contribution in [0, 0.1) is 11.8 Å². The molecule has 3 aliphatic heterocycles. The van der Waals surface area contributed by atoms with E-state index in [2.05, 4.69) is 10.6 Å². The van der Waals surface area contributed by atoms with Crippen molar-refractivity contribution in [3.05, 3.63) is 64.7 Å². The minimum absolute atomic E-state index is 0.232. The standard InChI is InChI=1S/C24H24ClN3O4/c1-32-12-6-11-28-21(29)18-17(13-14-7-3-2-4-8-14)27-24(19(18)22(28)30)15-9-5-10-16(25)20(15)26-23(24)31/h2-5,7-10,17-19,27H,6,11-13H2,1H3,(H,26,31). The molecule has 7 nitrogen and oxygen atoms in total. The summed E-state index contributed by atoms with van der Waals surface area (Å²) in [6.07, 6.45) is 1.07. The molecule has 3 heterocycles. The lowest BCUT2D eigenvalue weighted by Gasteiger charge is -2.29. The summed E-state index contributed by atoms with van der Waals surface area (Å²) in [6.45, 7) is 0.721. The molecule has 2 fully saturated rings. The Labute approximate surface area is 191 Å². The number of nitrogens with one attached hydrogen (secondary N) is 2. The van der Waals surface area contributed by atoms with Crippen molar-refractivity contribution in [1.29, 1.82) is 0 Å². The third-order valence-electron chi connectivity index (χ3n) is 6.82. The number of nitrogens with zero attached hydrogens (tertiary/aromatic N) is 1. The molecule has 0 bridgehead atoms. The van der Waals surface area contributed by atoms with Crippen molar-refractivity contribution in [3.8, 4) is 0 Å². The first-order chi connectivity index (χ1) is 15.5. The van der Waals surface area contributed by atoms with E-state index >= 15 is 0 Å². The van der Waals surface area contributed by atoms with Gasteiger partial charge in [0.15, 0.2) is 0 Å². The van der Waals surface area contributed by atoms with Crippen LogP contribution in [0.4, 0.5) is 5.69 Å². The normalized spacial score (nSPS) is 28.4. The number of benzene rings is 2. The first-order valence-corrected chi connectivity index (χ1v) is 11.1. The van der Waals surface area contributed by atoms with Gasteiger partial charge in [-0.3, -0.25) is 24.6 Å². The number of halogens is 1. The van der Waals surface area contributed by atoms with Crippen molar-refractivity contribution < 1.29 is 19.1 Å². The Morgan fingerprint density at radius 1 is 1.06 bits per heavy atom. The summed E-state index contributed by atoms with van der Waals surface area (Å²) in [4.78, 5) is 41.8. The highest BCUT2D eigenvalue weighted by atomic mass is 35.5. The van der Waals surface area contributed by atoms with Crippen LogP contribution in [0.15, 0.2) is 48.5 Å². The number of likely N-dealkylation sites (tertiary alicyclic amines) is 1. The monoisotopic (exact) mass is 453 g/mol. The van der Waals surface area contributed by atoms with Gasteiger partial charge in [-0.15, -0.1) is 0 Å². The number of anilines is 1. The number of para-hydroxylation sites is 1.